The minimum absolute atomic E-state index is 0.720. The zero-order chi connectivity index (χ0) is 12.1. The van der Waals surface area contributed by atoms with Gasteiger partial charge in [-0.05, 0) is 66.1 Å². The summed E-state index contributed by atoms with van der Waals surface area (Å²) in [6.45, 7) is 4.08. The van der Waals surface area contributed by atoms with Crippen molar-refractivity contribution < 1.29 is 4.74 Å². The van der Waals surface area contributed by atoms with E-state index in [4.69, 9.17) is 4.74 Å². The van der Waals surface area contributed by atoms with Crippen molar-refractivity contribution in [3.8, 4) is 0 Å². The largest absolute Gasteiger partial charge is 0.381 e. The Kier molecular flexibility index (Phi) is 5.25. The summed E-state index contributed by atoms with van der Waals surface area (Å²) in [5, 5.41) is 0. The Balaban J connectivity index is 1.79. The molecule has 17 heavy (non-hydrogen) atoms. The highest BCUT2D eigenvalue weighted by Gasteiger charge is 2.15. The molecule has 0 radical (unpaired) electrons. The van der Waals surface area contributed by atoms with E-state index in [9.17, 15) is 0 Å². The van der Waals surface area contributed by atoms with E-state index in [1.54, 1.807) is 0 Å². The van der Waals surface area contributed by atoms with Gasteiger partial charge in [-0.25, -0.2) is 0 Å². The average molecular weight is 345 g/mol. The standard InChI is InChI=1S/C14H20INO/c1-16(10-13-3-2-8-17-11-13)9-12-4-6-14(15)7-5-12/h4-7,13H,2-3,8-11H2,1H3. The van der Waals surface area contributed by atoms with Crippen LogP contribution in [0.15, 0.2) is 24.3 Å². The molecule has 2 rings (SSSR count). The Bertz CT molecular complexity index is 333. The number of ether oxygens (including phenoxy) is 1. The molecule has 0 aliphatic carbocycles. The molecule has 1 atom stereocenters. The summed E-state index contributed by atoms with van der Waals surface area (Å²) >= 11 is 2.34. The summed E-state index contributed by atoms with van der Waals surface area (Å²) in [6.07, 6.45) is 2.54. The molecule has 0 saturated carbocycles. The molecule has 3 heteroatoms. The summed E-state index contributed by atoms with van der Waals surface area (Å²) in [7, 11) is 2.20. The molecule has 1 unspecified atom stereocenters. The first-order valence-corrected chi connectivity index (χ1v) is 7.32. The molecule has 2 nitrogen and oxygen atoms in total. The third kappa shape index (κ3) is 4.56. The molecule has 0 bridgehead atoms. The van der Waals surface area contributed by atoms with Crippen molar-refractivity contribution in [2.45, 2.75) is 19.4 Å². The van der Waals surface area contributed by atoms with Crippen molar-refractivity contribution in [3.05, 3.63) is 33.4 Å². The molecular weight excluding hydrogens is 325 g/mol. The molecule has 0 spiro atoms. The van der Waals surface area contributed by atoms with Crippen molar-refractivity contribution in [1.29, 1.82) is 0 Å². The zero-order valence-electron chi connectivity index (χ0n) is 10.4. The van der Waals surface area contributed by atoms with Gasteiger partial charge in [-0.15, -0.1) is 0 Å². The van der Waals surface area contributed by atoms with Crippen LogP contribution in [0.5, 0.6) is 0 Å². The van der Waals surface area contributed by atoms with Gasteiger partial charge < -0.3 is 9.64 Å². The lowest BCUT2D eigenvalue weighted by molar-refractivity contribution is 0.0411. The van der Waals surface area contributed by atoms with Gasteiger partial charge in [0.25, 0.3) is 0 Å². The van der Waals surface area contributed by atoms with E-state index in [-0.39, 0.29) is 0 Å². The van der Waals surface area contributed by atoms with Gasteiger partial charge in [0.1, 0.15) is 0 Å². The Morgan fingerprint density at radius 3 is 2.76 bits per heavy atom. The van der Waals surface area contributed by atoms with E-state index in [2.05, 4.69) is 58.8 Å². The normalized spacial score (nSPS) is 20.8. The Hall–Kier alpha value is -0.130. The predicted molar refractivity (Wildman–Crippen MR) is 79.0 cm³/mol. The number of hydrogen-bond donors (Lipinski definition) is 0. The molecule has 1 heterocycles. The van der Waals surface area contributed by atoms with Gasteiger partial charge in [0.2, 0.25) is 0 Å². The molecule has 94 valence electrons. The molecule has 1 aliphatic rings. The number of hydrogen-bond acceptors (Lipinski definition) is 2. The third-order valence-electron chi connectivity index (χ3n) is 3.19. The topological polar surface area (TPSA) is 12.5 Å². The van der Waals surface area contributed by atoms with Crippen LogP contribution in [0.4, 0.5) is 0 Å². The van der Waals surface area contributed by atoms with Gasteiger partial charge in [-0.2, -0.15) is 0 Å². The van der Waals surface area contributed by atoms with E-state index in [0.29, 0.717) is 0 Å². The maximum Gasteiger partial charge on any atom is 0.0506 e. The number of halogens is 1. The second-order valence-electron chi connectivity index (χ2n) is 4.91. The molecule has 1 aliphatic heterocycles. The first-order chi connectivity index (χ1) is 8.24. The van der Waals surface area contributed by atoms with Crippen molar-refractivity contribution in [2.24, 2.45) is 5.92 Å². The predicted octanol–water partition coefficient (Wildman–Crippen LogP) is 3.15. The van der Waals surface area contributed by atoms with Crippen LogP contribution in [0.3, 0.4) is 0 Å². The Labute approximate surface area is 117 Å². The molecule has 1 aromatic rings. The van der Waals surface area contributed by atoms with Crippen molar-refractivity contribution in [1.82, 2.24) is 4.90 Å². The molecular formula is C14H20INO. The number of rotatable bonds is 4. The minimum Gasteiger partial charge on any atom is -0.381 e. The first-order valence-electron chi connectivity index (χ1n) is 6.25. The van der Waals surface area contributed by atoms with Crippen LogP contribution in [0.1, 0.15) is 18.4 Å². The monoisotopic (exact) mass is 345 g/mol. The van der Waals surface area contributed by atoms with Crippen LogP contribution in [0.2, 0.25) is 0 Å². The van der Waals surface area contributed by atoms with Crippen LogP contribution in [0.25, 0.3) is 0 Å². The number of nitrogens with zero attached hydrogens (tertiary/aromatic N) is 1. The van der Waals surface area contributed by atoms with Crippen molar-refractivity contribution in [3.63, 3.8) is 0 Å². The fourth-order valence-corrected chi connectivity index (χ4v) is 2.72. The lowest BCUT2D eigenvalue weighted by atomic mass is 10.0. The molecule has 0 N–H and O–H groups in total. The van der Waals surface area contributed by atoms with Crippen molar-refractivity contribution >= 4 is 22.6 Å². The van der Waals surface area contributed by atoms with Gasteiger partial charge in [0.15, 0.2) is 0 Å². The highest BCUT2D eigenvalue weighted by molar-refractivity contribution is 14.1. The van der Waals surface area contributed by atoms with Crippen LogP contribution >= 0.6 is 22.6 Å². The number of benzene rings is 1. The molecule has 1 saturated heterocycles. The lowest BCUT2D eigenvalue weighted by Crippen LogP contribution is -2.30. The Morgan fingerprint density at radius 2 is 2.12 bits per heavy atom. The third-order valence-corrected chi connectivity index (χ3v) is 3.91. The maximum atomic E-state index is 5.52. The van der Waals surface area contributed by atoms with E-state index < -0.39 is 0 Å². The highest BCUT2D eigenvalue weighted by Crippen LogP contribution is 2.16. The van der Waals surface area contributed by atoms with Gasteiger partial charge in [-0.1, -0.05) is 12.1 Å². The second-order valence-corrected chi connectivity index (χ2v) is 6.15. The fraction of sp³-hybridized carbons (Fsp3) is 0.571. The molecule has 1 aromatic carbocycles. The van der Waals surface area contributed by atoms with Gasteiger partial charge >= 0.3 is 0 Å². The van der Waals surface area contributed by atoms with Crippen LogP contribution in [-0.2, 0) is 11.3 Å². The van der Waals surface area contributed by atoms with E-state index in [1.807, 2.05) is 0 Å². The highest BCUT2D eigenvalue weighted by atomic mass is 127. The molecule has 0 aromatic heterocycles. The lowest BCUT2D eigenvalue weighted by Gasteiger charge is -2.27. The average Bonchev–Trinajstić information content (AvgIpc) is 2.33. The maximum absolute atomic E-state index is 5.52. The fourth-order valence-electron chi connectivity index (χ4n) is 2.36. The molecule has 1 fully saturated rings. The zero-order valence-corrected chi connectivity index (χ0v) is 12.5. The van der Waals surface area contributed by atoms with Gasteiger partial charge in [0.05, 0.1) is 6.61 Å². The van der Waals surface area contributed by atoms with Crippen molar-refractivity contribution in [2.75, 3.05) is 26.8 Å². The van der Waals surface area contributed by atoms with Gasteiger partial charge in [-0.3, -0.25) is 0 Å². The first kappa shape index (κ1) is 13.3. The van der Waals surface area contributed by atoms with Gasteiger partial charge in [0, 0.05) is 23.3 Å². The van der Waals surface area contributed by atoms with E-state index in [1.165, 1.54) is 22.0 Å². The summed E-state index contributed by atoms with van der Waals surface area (Å²) in [5.41, 5.74) is 1.39. The summed E-state index contributed by atoms with van der Waals surface area (Å²) < 4.78 is 6.82. The van der Waals surface area contributed by atoms with Crippen LogP contribution in [-0.4, -0.2) is 31.7 Å². The Morgan fingerprint density at radius 1 is 1.35 bits per heavy atom. The minimum atomic E-state index is 0.720. The quantitative estimate of drug-likeness (QED) is 0.778. The molecule has 0 amide bonds. The SMILES string of the molecule is CN(Cc1ccc(I)cc1)CC1CCCOC1. The smallest absolute Gasteiger partial charge is 0.0506 e. The van der Waals surface area contributed by atoms with Crippen LogP contribution in [0, 0.1) is 9.49 Å². The summed E-state index contributed by atoms with van der Waals surface area (Å²) in [5.74, 6) is 0.720. The van der Waals surface area contributed by atoms with E-state index >= 15 is 0 Å². The van der Waals surface area contributed by atoms with E-state index in [0.717, 1.165) is 32.2 Å². The summed E-state index contributed by atoms with van der Waals surface area (Å²) in [4.78, 5) is 2.40. The second kappa shape index (κ2) is 6.71. The van der Waals surface area contributed by atoms with Crippen LogP contribution < -0.4 is 0 Å². The summed E-state index contributed by atoms with van der Waals surface area (Å²) in [6, 6.07) is 8.78.